The summed E-state index contributed by atoms with van der Waals surface area (Å²) in [5.41, 5.74) is 1.47. The second-order valence-electron chi connectivity index (χ2n) is 3.12. The molecule has 0 spiro atoms. The van der Waals surface area contributed by atoms with Crippen LogP contribution in [0.5, 0.6) is 0 Å². The van der Waals surface area contributed by atoms with Gasteiger partial charge in [-0.2, -0.15) is 0 Å². The van der Waals surface area contributed by atoms with Gasteiger partial charge in [-0.1, -0.05) is 12.0 Å². The van der Waals surface area contributed by atoms with Crippen molar-refractivity contribution in [2.75, 3.05) is 0 Å². The Morgan fingerprint density at radius 2 is 2.17 bits per heavy atom. The first-order valence-electron chi connectivity index (χ1n) is 4.08. The summed E-state index contributed by atoms with van der Waals surface area (Å²) < 4.78 is 13.2. The monoisotopic (exact) mass is 160 g/mol. The molecule has 1 fully saturated rings. The minimum Gasteiger partial charge on any atom is -0.207 e. The Bertz CT molecular complexity index is 343. The molecule has 0 saturated heterocycles. The van der Waals surface area contributed by atoms with E-state index in [1.807, 2.05) is 0 Å². The molecule has 1 saturated carbocycles. The van der Waals surface area contributed by atoms with E-state index in [1.54, 1.807) is 12.1 Å². The molecule has 0 aromatic heterocycles. The van der Waals surface area contributed by atoms with E-state index in [9.17, 15) is 4.39 Å². The van der Waals surface area contributed by atoms with Gasteiger partial charge in [-0.3, -0.25) is 0 Å². The van der Waals surface area contributed by atoms with Crippen LogP contribution in [0, 0.1) is 18.2 Å². The zero-order valence-corrected chi connectivity index (χ0v) is 6.68. The highest BCUT2D eigenvalue weighted by atomic mass is 19.1. The van der Waals surface area contributed by atoms with Gasteiger partial charge < -0.3 is 0 Å². The first kappa shape index (κ1) is 7.36. The van der Waals surface area contributed by atoms with Gasteiger partial charge in [0.1, 0.15) is 5.82 Å². The van der Waals surface area contributed by atoms with E-state index >= 15 is 0 Å². The van der Waals surface area contributed by atoms with Gasteiger partial charge in [0.25, 0.3) is 0 Å². The summed E-state index contributed by atoms with van der Waals surface area (Å²) >= 11 is 0. The predicted molar refractivity (Wildman–Crippen MR) is 46.3 cm³/mol. The van der Waals surface area contributed by atoms with Gasteiger partial charge in [-0.25, -0.2) is 4.39 Å². The number of hydrogen-bond acceptors (Lipinski definition) is 0. The molecule has 0 heterocycles. The molecule has 0 radical (unpaired) electrons. The molecule has 0 amide bonds. The van der Waals surface area contributed by atoms with Crippen molar-refractivity contribution in [1.82, 2.24) is 0 Å². The quantitative estimate of drug-likeness (QED) is 0.554. The summed E-state index contributed by atoms with van der Waals surface area (Å²) in [7, 11) is 0. The molecule has 60 valence electrons. The van der Waals surface area contributed by atoms with Crippen LogP contribution in [0.15, 0.2) is 18.2 Å². The molecular weight excluding hydrogens is 151 g/mol. The zero-order valence-electron chi connectivity index (χ0n) is 6.68. The largest absolute Gasteiger partial charge is 0.207 e. The smallest absolute Gasteiger partial charge is 0.127 e. The Kier molecular flexibility index (Phi) is 1.62. The number of benzene rings is 1. The first-order valence-corrected chi connectivity index (χ1v) is 4.08. The molecule has 0 nitrogen and oxygen atoms in total. The molecule has 2 rings (SSSR count). The SMILES string of the molecule is C#Cc1cccc(F)c1C1CC1. The van der Waals surface area contributed by atoms with Crippen molar-refractivity contribution in [3.05, 3.63) is 35.1 Å². The molecule has 0 bridgehead atoms. The molecule has 0 N–H and O–H groups in total. The number of hydrogen-bond donors (Lipinski definition) is 0. The molecule has 1 aliphatic carbocycles. The maximum Gasteiger partial charge on any atom is 0.127 e. The van der Waals surface area contributed by atoms with E-state index in [0.717, 1.165) is 24.0 Å². The fraction of sp³-hybridized carbons (Fsp3) is 0.273. The van der Waals surface area contributed by atoms with Crippen LogP contribution in [0.1, 0.15) is 29.9 Å². The van der Waals surface area contributed by atoms with Crippen LogP contribution in [0.2, 0.25) is 0 Å². The van der Waals surface area contributed by atoms with Crippen LogP contribution in [0.25, 0.3) is 0 Å². The molecule has 0 unspecified atom stereocenters. The van der Waals surface area contributed by atoms with Crippen molar-refractivity contribution in [3.63, 3.8) is 0 Å². The summed E-state index contributed by atoms with van der Waals surface area (Å²) in [6.07, 6.45) is 7.43. The second-order valence-corrected chi connectivity index (χ2v) is 3.12. The molecule has 1 aromatic rings. The lowest BCUT2D eigenvalue weighted by atomic mass is 10.0. The zero-order chi connectivity index (χ0) is 8.55. The van der Waals surface area contributed by atoms with E-state index in [2.05, 4.69) is 5.92 Å². The highest BCUT2D eigenvalue weighted by Crippen LogP contribution is 2.42. The highest BCUT2D eigenvalue weighted by molar-refractivity contribution is 5.44. The fourth-order valence-corrected chi connectivity index (χ4v) is 1.45. The van der Waals surface area contributed by atoms with Crippen molar-refractivity contribution in [2.24, 2.45) is 0 Å². The average molecular weight is 160 g/mol. The number of terminal acetylenes is 1. The third-order valence-corrected chi connectivity index (χ3v) is 2.19. The van der Waals surface area contributed by atoms with Crippen molar-refractivity contribution in [3.8, 4) is 12.3 Å². The van der Waals surface area contributed by atoms with Gasteiger partial charge >= 0.3 is 0 Å². The Morgan fingerprint density at radius 1 is 1.42 bits per heavy atom. The summed E-state index contributed by atoms with van der Waals surface area (Å²) in [5.74, 6) is 2.76. The minimum atomic E-state index is -0.145. The molecule has 12 heavy (non-hydrogen) atoms. The van der Waals surface area contributed by atoms with Crippen LogP contribution >= 0.6 is 0 Å². The van der Waals surface area contributed by atoms with Crippen molar-refractivity contribution < 1.29 is 4.39 Å². The van der Waals surface area contributed by atoms with E-state index in [1.165, 1.54) is 6.07 Å². The van der Waals surface area contributed by atoms with Crippen molar-refractivity contribution in [2.45, 2.75) is 18.8 Å². The third kappa shape index (κ3) is 1.10. The maximum atomic E-state index is 13.2. The molecule has 0 atom stereocenters. The molecule has 0 aliphatic heterocycles. The normalized spacial score (nSPS) is 15.7. The fourth-order valence-electron chi connectivity index (χ4n) is 1.45. The lowest BCUT2D eigenvalue weighted by Gasteiger charge is -2.02. The Hall–Kier alpha value is -1.29. The van der Waals surface area contributed by atoms with E-state index < -0.39 is 0 Å². The number of rotatable bonds is 1. The lowest BCUT2D eigenvalue weighted by Crippen LogP contribution is -1.91. The van der Waals surface area contributed by atoms with Gasteiger partial charge in [-0.05, 0) is 30.9 Å². The standard InChI is InChI=1S/C11H9F/c1-2-8-4-3-5-10(12)11(8)9-6-7-9/h1,3-5,9H,6-7H2. The van der Waals surface area contributed by atoms with Gasteiger partial charge in [0, 0.05) is 11.1 Å². The van der Waals surface area contributed by atoms with Crippen LogP contribution < -0.4 is 0 Å². The van der Waals surface area contributed by atoms with Crippen LogP contribution in [-0.4, -0.2) is 0 Å². The Balaban J connectivity index is 2.54. The first-order chi connectivity index (χ1) is 5.83. The third-order valence-electron chi connectivity index (χ3n) is 2.19. The van der Waals surface area contributed by atoms with Crippen LogP contribution in [-0.2, 0) is 0 Å². The topological polar surface area (TPSA) is 0 Å². The second kappa shape index (κ2) is 2.64. The van der Waals surface area contributed by atoms with Gasteiger partial charge in [-0.15, -0.1) is 6.42 Å². The molecular formula is C11H9F. The lowest BCUT2D eigenvalue weighted by molar-refractivity contribution is 0.610. The summed E-state index contributed by atoms with van der Waals surface area (Å²) in [6, 6.07) is 4.95. The van der Waals surface area contributed by atoms with Gasteiger partial charge in [0.2, 0.25) is 0 Å². The maximum absolute atomic E-state index is 13.2. The predicted octanol–water partition coefficient (Wildman–Crippen LogP) is 2.68. The van der Waals surface area contributed by atoms with Gasteiger partial charge in [0.15, 0.2) is 0 Å². The summed E-state index contributed by atoms with van der Waals surface area (Å²) in [4.78, 5) is 0. The molecule has 1 aliphatic rings. The van der Waals surface area contributed by atoms with Crippen molar-refractivity contribution in [1.29, 1.82) is 0 Å². The summed E-state index contributed by atoms with van der Waals surface area (Å²) in [6.45, 7) is 0. The van der Waals surface area contributed by atoms with Crippen LogP contribution in [0.3, 0.4) is 0 Å². The summed E-state index contributed by atoms with van der Waals surface area (Å²) in [5, 5.41) is 0. The molecule has 1 aromatic carbocycles. The Labute approximate surface area is 71.4 Å². The highest BCUT2D eigenvalue weighted by Gasteiger charge is 2.28. The van der Waals surface area contributed by atoms with Crippen molar-refractivity contribution >= 4 is 0 Å². The van der Waals surface area contributed by atoms with Gasteiger partial charge in [0.05, 0.1) is 0 Å². The van der Waals surface area contributed by atoms with E-state index in [4.69, 9.17) is 6.42 Å². The molecule has 1 heteroatoms. The van der Waals surface area contributed by atoms with E-state index in [-0.39, 0.29) is 5.82 Å². The average Bonchev–Trinajstić information content (AvgIpc) is 2.87. The van der Waals surface area contributed by atoms with E-state index in [0.29, 0.717) is 5.92 Å². The van der Waals surface area contributed by atoms with Crippen LogP contribution in [0.4, 0.5) is 4.39 Å². The Morgan fingerprint density at radius 3 is 2.75 bits per heavy atom. The minimum absolute atomic E-state index is 0.145. The number of halogens is 1.